The van der Waals surface area contributed by atoms with Gasteiger partial charge in [0.2, 0.25) is 0 Å². The van der Waals surface area contributed by atoms with E-state index in [1.807, 2.05) is 19.9 Å². The van der Waals surface area contributed by atoms with Crippen LogP contribution in [-0.2, 0) is 0 Å². The Bertz CT molecular complexity index is 745. The molecule has 7 heteroatoms. The predicted molar refractivity (Wildman–Crippen MR) is 82.2 cm³/mol. The van der Waals surface area contributed by atoms with Crippen LogP contribution < -0.4 is 5.73 Å². The maximum absolute atomic E-state index is 12.4. The van der Waals surface area contributed by atoms with Gasteiger partial charge in [-0.1, -0.05) is 0 Å². The number of alkyl halides is 3. The van der Waals surface area contributed by atoms with Crippen molar-refractivity contribution in [1.29, 1.82) is 5.41 Å². The number of aromatic nitrogens is 1. The van der Waals surface area contributed by atoms with E-state index in [0.29, 0.717) is 6.08 Å². The molecule has 0 aliphatic carbocycles. The van der Waals surface area contributed by atoms with Gasteiger partial charge < -0.3 is 5.73 Å². The number of hydrogen-bond donors (Lipinski definition) is 2. The van der Waals surface area contributed by atoms with Gasteiger partial charge in [0.25, 0.3) is 0 Å². The zero-order chi connectivity index (χ0) is 16.5. The molecule has 0 aliphatic rings. The normalized spacial score (nSPS) is 12.5. The number of nitrogens with zero attached hydrogens (tertiary/aromatic N) is 1. The molecule has 0 saturated carbocycles. The molecule has 0 spiro atoms. The van der Waals surface area contributed by atoms with E-state index >= 15 is 0 Å². The molecule has 22 heavy (non-hydrogen) atoms. The molecule has 0 bridgehead atoms. The SMILES string of the molecule is Cc1cc(-c2ccnc(C(=N)C=C(N)C(F)(F)F)c2)c(C)s1. The van der Waals surface area contributed by atoms with Crippen molar-refractivity contribution in [2.24, 2.45) is 5.73 Å². The van der Waals surface area contributed by atoms with E-state index in [1.165, 1.54) is 6.20 Å². The number of nitrogens with two attached hydrogens (primary N) is 1. The van der Waals surface area contributed by atoms with Gasteiger partial charge in [0.15, 0.2) is 0 Å². The third kappa shape index (κ3) is 3.54. The van der Waals surface area contributed by atoms with E-state index in [2.05, 4.69) is 4.98 Å². The lowest BCUT2D eigenvalue weighted by Crippen LogP contribution is -2.20. The Labute approximate surface area is 129 Å². The standard InChI is InChI=1S/C15H14F3N3S/c1-8-5-11(9(2)22-8)10-3-4-21-13(6-10)12(19)7-14(20)15(16,17)18/h3-7,19H,20H2,1-2H3. The summed E-state index contributed by atoms with van der Waals surface area (Å²) in [6, 6.07) is 5.36. The summed E-state index contributed by atoms with van der Waals surface area (Å²) in [6.07, 6.45) is -2.59. The molecule has 0 unspecified atom stereocenters. The fraction of sp³-hybridized carbons (Fsp3) is 0.200. The molecule has 0 saturated heterocycles. The van der Waals surface area contributed by atoms with Crippen molar-refractivity contribution in [3.8, 4) is 11.1 Å². The van der Waals surface area contributed by atoms with Crippen molar-refractivity contribution in [2.45, 2.75) is 20.0 Å². The van der Waals surface area contributed by atoms with Crippen LogP contribution >= 0.6 is 11.3 Å². The topological polar surface area (TPSA) is 62.8 Å². The number of aryl methyl sites for hydroxylation is 2. The van der Waals surface area contributed by atoms with Gasteiger partial charge >= 0.3 is 6.18 Å². The first-order valence-corrected chi connectivity index (χ1v) is 7.17. The number of hydrogen-bond acceptors (Lipinski definition) is 4. The first-order valence-electron chi connectivity index (χ1n) is 6.35. The largest absolute Gasteiger partial charge is 0.430 e. The number of allylic oxidation sites excluding steroid dienone is 2. The van der Waals surface area contributed by atoms with Crippen molar-refractivity contribution in [3.63, 3.8) is 0 Å². The van der Waals surface area contributed by atoms with Crippen LogP contribution in [-0.4, -0.2) is 16.9 Å². The molecular weight excluding hydrogens is 311 g/mol. The second-order valence-corrected chi connectivity index (χ2v) is 6.23. The van der Waals surface area contributed by atoms with Gasteiger partial charge in [-0.15, -0.1) is 11.3 Å². The van der Waals surface area contributed by atoms with Crippen molar-refractivity contribution in [1.82, 2.24) is 4.98 Å². The Morgan fingerprint density at radius 1 is 1.32 bits per heavy atom. The Hall–Kier alpha value is -2.15. The fourth-order valence-corrected chi connectivity index (χ4v) is 2.92. The monoisotopic (exact) mass is 325 g/mol. The van der Waals surface area contributed by atoms with Crippen molar-refractivity contribution in [3.05, 3.63) is 51.6 Å². The Morgan fingerprint density at radius 2 is 2.00 bits per heavy atom. The fourth-order valence-electron chi connectivity index (χ4n) is 1.97. The minimum atomic E-state index is -4.65. The maximum Gasteiger partial charge on any atom is 0.430 e. The second-order valence-electron chi connectivity index (χ2n) is 4.77. The van der Waals surface area contributed by atoms with Crippen LogP contribution in [0.1, 0.15) is 15.4 Å². The predicted octanol–water partition coefficient (Wildman–Crippen LogP) is 4.20. The molecule has 0 atom stereocenters. The molecule has 0 fully saturated rings. The van der Waals surface area contributed by atoms with Gasteiger partial charge in [0, 0.05) is 16.0 Å². The molecule has 3 N–H and O–H groups in total. The van der Waals surface area contributed by atoms with Crippen molar-refractivity contribution < 1.29 is 13.2 Å². The average molecular weight is 325 g/mol. The minimum absolute atomic E-state index is 0.146. The lowest BCUT2D eigenvalue weighted by atomic mass is 10.1. The third-order valence-electron chi connectivity index (χ3n) is 3.02. The van der Waals surface area contributed by atoms with Gasteiger partial charge in [-0.25, -0.2) is 0 Å². The Balaban J connectivity index is 2.37. The van der Waals surface area contributed by atoms with Crippen molar-refractivity contribution >= 4 is 17.0 Å². The summed E-state index contributed by atoms with van der Waals surface area (Å²) in [5.74, 6) is 0. The van der Waals surface area contributed by atoms with Crippen LogP contribution in [0.15, 0.2) is 36.2 Å². The van der Waals surface area contributed by atoms with E-state index in [0.717, 1.165) is 20.9 Å². The Morgan fingerprint density at radius 3 is 2.55 bits per heavy atom. The molecule has 2 rings (SSSR count). The summed E-state index contributed by atoms with van der Waals surface area (Å²) in [4.78, 5) is 6.19. The molecule has 0 aliphatic heterocycles. The van der Waals surface area contributed by atoms with Gasteiger partial charge in [-0.3, -0.25) is 10.4 Å². The molecule has 2 heterocycles. The van der Waals surface area contributed by atoms with Crippen LogP contribution in [0, 0.1) is 19.3 Å². The summed E-state index contributed by atoms with van der Waals surface area (Å²) >= 11 is 1.64. The molecule has 0 radical (unpaired) electrons. The van der Waals surface area contributed by atoms with Crippen molar-refractivity contribution in [2.75, 3.05) is 0 Å². The smallest absolute Gasteiger partial charge is 0.395 e. The van der Waals surface area contributed by atoms with Crippen LogP contribution in [0.4, 0.5) is 13.2 Å². The highest BCUT2D eigenvalue weighted by Gasteiger charge is 2.31. The molecular formula is C15H14F3N3S. The molecule has 2 aromatic heterocycles. The number of nitrogens with one attached hydrogen (secondary N) is 1. The summed E-state index contributed by atoms with van der Waals surface area (Å²) in [5, 5.41) is 7.74. The highest BCUT2D eigenvalue weighted by Crippen LogP contribution is 2.30. The third-order valence-corrected chi connectivity index (χ3v) is 3.98. The van der Waals surface area contributed by atoms with Crippen LogP contribution in [0.5, 0.6) is 0 Å². The first-order chi connectivity index (χ1) is 10.2. The van der Waals surface area contributed by atoms with Crippen LogP contribution in [0.25, 0.3) is 11.1 Å². The lowest BCUT2D eigenvalue weighted by molar-refractivity contribution is -0.0925. The van der Waals surface area contributed by atoms with Crippen LogP contribution in [0.2, 0.25) is 0 Å². The molecule has 0 aromatic carbocycles. The number of thiophene rings is 1. The van der Waals surface area contributed by atoms with E-state index in [1.54, 1.807) is 23.5 Å². The van der Waals surface area contributed by atoms with Crippen LogP contribution in [0.3, 0.4) is 0 Å². The summed E-state index contributed by atoms with van der Waals surface area (Å²) in [7, 11) is 0. The lowest BCUT2D eigenvalue weighted by Gasteiger charge is -2.07. The number of halogens is 3. The second kappa shape index (κ2) is 5.92. The van der Waals surface area contributed by atoms with E-state index in [-0.39, 0.29) is 11.4 Å². The molecule has 116 valence electrons. The zero-order valence-corrected chi connectivity index (χ0v) is 12.8. The number of pyridine rings is 1. The summed E-state index contributed by atoms with van der Waals surface area (Å²) < 4.78 is 37.2. The zero-order valence-electron chi connectivity index (χ0n) is 12.0. The maximum atomic E-state index is 12.4. The average Bonchev–Trinajstić information content (AvgIpc) is 2.76. The van der Waals surface area contributed by atoms with Gasteiger partial charge in [0.1, 0.15) is 5.70 Å². The number of rotatable bonds is 3. The first kappa shape index (κ1) is 16.2. The molecule has 2 aromatic rings. The van der Waals surface area contributed by atoms with E-state index < -0.39 is 11.9 Å². The van der Waals surface area contributed by atoms with Gasteiger partial charge in [-0.05, 0) is 49.2 Å². The Kier molecular flexibility index (Phi) is 4.37. The highest BCUT2D eigenvalue weighted by molar-refractivity contribution is 7.12. The summed E-state index contributed by atoms with van der Waals surface area (Å²) in [5.41, 5.74) is 5.20. The van der Waals surface area contributed by atoms with E-state index in [4.69, 9.17) is 11.1 Å². The highest BCUT2D eigenvalue weighted by atomic mass is 32.1. The van der Waals surface area contributed by atoms with Gasteiger partial charge in [0.05, 0.1) is 11.4 Å². The molecule has 3 nitrogen and oxygen atoms in total. The van der Waals surface area contributed by atoms with E-state index in [9.17, 15) is 13.2 Å². The quantitative estimate of drug-likeness (QED) is 0.831. The van der Waals surface area contributed by atoms with Gasteiger partial charge in [-0.2, -0.15) is 13.2 Å². The minimum Gasteiger partial charge on any atom is -0.395 e. The molecule has 0 amide bonds. The summed E-state index contributed by atoms with van der Waals surface area (Å²) in [6.45, 7) is 3.96.